The minimum Gasteiger partial charge on any atom is -0.492 e. The molecule has 1 aromatic carbocycles. The van der Waals surface area contributed by atoms with Gasteiger partial charge in [0, 0.05) is 12.5 Å². The van der Waals surface area contributed by atoms with Crippen molar-refractivity contribution in [1.82, 2.24) is 4.90 Å². The Morgan fingerprint density at radius 1 is 1.42 bits per heavy atom. The van der Waals surface area contributed by atoms with Gasteiger partial charge < -0.3 is 9.64 Å². The summed E-state index contributed by atoms with van der Waals surface area (Å²) in [7, 11) is 0. The van der Waals surface area contributed by atoms with Gasteiger partial charge in [0.15, 0.2) is 0 Å². The lowest BCUT2D eigenvalue weighted by Gasteiger charge is -2.30. The van der Waals surface area contributed by atoms with Crippen molar-refractivity contribution in [1.29, 1.82) is 5.26 Å². The third-order valence-corrected chi connectivity index (χ3v) is 3.41. The third kappa shape index (κ3) is 3.47. The number of rotatable bonds is 4. The van der Waals surface area contributed by atoms with E-state index in [0.29, 0.717) is 18.7 Å². The number of nitriles is 1. The highest BCUT2D eigenvalue weighted by molar-refractivity contribution is 5.79. The molecule has 19 heavy (non-hydrogen) atoms. The Morgan fingerprint density at radius 2 is 2.16 bits per heavy atom. The molecule has 0 aromatic heterocycles. The molecule has 1 amide bonds. The van der Waals surface area contributed by atoms with Gasteiger partial charge in [0.05, 0.1) is 18.2 Å². The quantitative estimate of drug-likeness (QED) is 0.832. The predicted octanol–water partition coefficient (Wildman–Crippen LogP) is 2.20. The van der Waals surface area contributed by atoms with Crippen LogP contribution in [0.3, 0.4) is 0 Å². The molecule has 1 aromatic rings. The number of carbonyl (C=O) groups excluding carboxylic acids is 1. The Labute approximate surface area is 113 Å². The standard InChI is InChI=1S/C15H18N2O2/c1-12-3-2-8-17(15(12)18)9-10-19-14-6-4-13(11-16)5-7-14/h4-7,12H,2-3,8-10H2,1H3. The van der Waals surface area contributed by atoms with E-state index in [4.69, 9.17) is 10.00 Å². The van der Waals surface area contributed by atoms with Crippen molar-refractivity contribution in [2.24, 2.45) is 5.92 Å². The van der Waals surface area contributed by atoms with Crippen molar-refractivity contribution in [3.63, 3.8) is 0 Å². The normalized spacial score (nSPS) is 19.1. The number of likely N-dealkylation sites (tertiary alicyclic amines) is 1. The van der Waals surface area contributed by atoms with Crippen LogP contribution in [-0.2, 0) is 4.79 Å². The highest BCUT2D eigenvalue weighted by atomic mass is 16.5. The Hall–Kier alpha value is -2.02. The van der Waals surface area contributed by atoms with Crippen LogP contribution in [0.2, 0.25) is 0 Å². The van der Waals surface area contributed by atoms with Gasteiger partial charge in [-0.15, -0.1) is 0 Å². The van der Waals surface area contributed by atoms with Crippen LogP contribution in [0.5, 0.6) is 5.75 Å². The van der Waals surface area contributed by atoms with Gasteiger partial charge in [-0.25, -0.2) is 0 Å². The van der Waals surface area contributed by atoms with E-state index in [2.05, 4.69) is 6.07 Å². The van der Waals surface area contributed by atoms with Gasteiger partial charge >= 0.3 is 0 Å². The predicted molar refractivity (Wildman–Crippen MR) is 71.6 cm³/mol. The lowest BCUT2D eigenvalue weighted by atomic mass is 9.99. The first-order chi connectivity index (χ1) is 9.20. The van der Waals surface area contributed by atoms with E-state index in [1.165, 1.54) is 0 Å². The maximum atomic E-state index is 11.9. The molecule has 1 unspecified atom stereocenters. The molecule has 4 nitrogen and oxygen atoms in total. The van der Waals surface area contributed by atoms with Crippen molar-refractivity contribution in [2.45, 2.75) is 19.8 Å². The van der Waals surface area contributed by atoms with Crippen LogP contribution in [-0.4, -0.2) is 30.5 Å². The molecular weight excluding hydrogens is 240 g/mol. The van der Waals surface area contributed by atoms with E-state index in [1.54, 1.807) is 24.3 Å². The van der Waals surface area contributed by atoms with Gasteiger partial charge in [0.1, 0.15) is 12.4 Å². The van der Waals surface area contributed by atoms with Crippen molar-refractivity contribution in [2.75, 3.05) is 19.7 Å². The summed E-state index contributed by atoms with van der Waals surface area (Å²) in [5.41, 5.74) is 0.618. The molecule has 0 N–H and O–H groups in total. The van der Waals surface area contributed by atoms with E-state index in [1.807, 2.05) is 11.8 Å². The largest absolute Gasteiger partial charge is 0.492 e. The van der Waals surface area contributed by atoms with Crippen LogP contribution in [0.25, 0.3) is 0 Å². The van der Waals surface area contributed by atoms with Crippen LogP contribution in [0.15, 0.2) is 24.3 Å². The van der Waals surface area contributed by atoms with Gasteiger partial charge in [-0.3, -0.25) is 4.79 Å². The molecule has 1 atom stereocenters. The minimum atomic E-state index is 0.142. The summed E-state index contributed by atoms with van der Waals surface area (Å²) >= 11 is 0. The van der Waals surface area contributed by atoms with E-state index >= 15 is 0 Å². The minimum absolute atomic E-state index is 0.142. The molecule has 100 valence electrons. The average Bonchev–Trinajstić information content (AvgIpc) is 2.44. The first kappa shape index (κ1) is 13.4. The number of ether oxygens (including phenoxy) is 1. The fourth-order valence-corrected chi connectivity index (χ4v) is 2.26. The van der Waals surface area contributed by atoms with Crippen LogP contribution >= 0.6 is 0 Å². The summed E-state index contributed by atoms with van der Waals surface area (Å²) in [6.45, 7) is 3.93. The highest BCUT2D eigenvalue weighted by Gasteiger charge is 2.24. The first-order valence-electron chi connectivity index (χ1n) is 6.62. The summed E-state index contributed by atoms with van der Waals surface area (Å²) in [4.78, 5) is 13.8. The molecule has 0 radical (unpaired) electrons. The van der Waals surface area contributed by atoms with Gasteiger partial charge in [0.25, 0.3) is 0 Å². The Balaban J connectivity index is 1.79. The van der Waals surface area contributed by atoms with Gasteiger partial charge in [-0.2, -0.15) is 5.26 Å². The number of amides is 1. The molecular formula is C15H18N2O2. The Kier molecular flexibility index (Phi) is 4.40. The molecule has 1 fully saturated rings. The van der Waals surface area contributed by atoms with E-state index < -0.39 is 0 Å². The summed E-state index contributed by atoms with van der Waals surface area (Å²) < 4.78 is 5.59. The lowest BCUT2D eigenvalue weighted by Crippen LogP contribution is -2.42. The van der Waals surface area contributed by atoms with E-state index in [9.17, 15) is 4.79 Å². The second-order valence-electron chi connectivity index (χ2n) is 4.85. The zero-order valence-corrected chi connectivity index (χ0v) is 11.1. The van der Waals surface area contributed by atoms with Crippen LogP contribution in [0.4, 0.5) is 0 Å². The number of benzene rings is 1. The number of piperidine rings is 1. The second kappa shape index (κ2) is 6.24. The van der Waals surface area contributed by atoms with Gasteiger partial charge in [0.2, 0.25) is 5.91 Å². The number of hydrogen-bond donors (Lipinski definition) is 0. The molecule has 4 heteroatoms. The fourth-order valence-electron chi connectivity index (χ4n) is 2.26. The monoisotopic (exact) mass is 258 g/mol. The van der Waals surface area contributed by atoms with Crippen LogP contribution < -0.4 is 4.74 Å². The smallest absolute Gasteiger partial charge is 0.225 e. The van der Waals surface area contributed by atoms with Gasteiger partial charge in [-0.05, 0) is 37.1 Å². The van der Waals surface area contributed by atoms with Gasteiger partial charge in [-0.1, -0.05) is 6.92 Å². The highest BCUT2D eigenvalue weighted by Crippen LogP contribution is 2.17. The fraction of sp³-hybridized carbons (Fsp3) is 0.467. The maximum absolute atomic E-state index is 11.9. The van der Waals surface area contributed by atoms with Crippen molar-refractivity contribution < 1.29 is 9.53 Å². The van der Waals surface area contributed by atoms with Crippen LogP contribution in [0.1, 0.15) is 25.3 Å². The van der Waals surface area contributed by atoms with E-state index in [-0.39, 0.29) is 11.8 Å². The molecule has 1 aliphatic rings. The summed E-state index contributed by atoms with van der Waals surface area (Å²) in [5.74, 6) is 1.11. The molecule has 1 aliphatic heterocycles. The zero-order valence-electron chi connectivity index (χ0n) is 11.1. The molecule has 0 spiro atoms. The van der Waals surface area contributed by atoms with Crippen LogP contribution in [0, 0.1) is 17.2 Å². The first-order valence-corrected chi connectivity index (χ1v) is 6.62. The van der Waals surface area contributed by atoms with Crippen molar-refractivity contribution in [3.05, 3.63) is 29.8 Å². The van der Waals surface area contributed by atoms with Crippen molar-refractivity contribution in [3.8, 4) is 11.8 Å². The topological polar surface area (TPSA) is 53.3 Å². The third-order valence-electron chi connectivity index (χ3n) is 3.41. The Morgan fingerprint density at radius 3 is 2.84 bits per heavy atom. The molecule has 0 bridgehead atoms. The molecule has 1 saturated heterocycles. The maximum Gasteiger partial charge on any atom is 0.225 e. The molecule has 0 saturated carbocycles. The number of carbonyl (C=O) groups is 1. The Bertz CT molecular complexity index is 476. The zero-order chi connectivity index (χ0) is 13.7. The lowest BCUT2D eigenvalue weighted by molar-refractivity contribution is -0.138. The SMILES string of the molecule is CC1CCCN(CCOc2ccc(C#N)cc2)C1=O. The summed E-state index contributed by atoms with van der Waals surface area (Å²) in [6.07, 6.45) is 2.07. The molecule has 0 aliphatic carbocycles. The summed E-state index contributed by atoms with van der Waals surface area (Å²) in [6, 6.07) is 9.07. The second-order valence-corrected chi connectivity index (χ2v) is 4.85. The molecule has 1 heterocycles. The van der Waals surface area contributed by atoms with Crippen molar-refractivity contribution >= 4 is 5.91 Å². The number of nitrogens with zero attached hydrogens (tertiary/aromatic N) is 2. The average molecular weight is 258 g/mol. The summed E-state index contributed by atoms with van der Waals surface area (Å²) in [5, 5.41) is 8.69. The van der Waals surface area contributed by atoms with E-state index in [0.717, 1.165) is 25.1 Å². The number of hydrogen-bond acceptors (Lipinski definition) is 3. The molecule has 2 rings (SSSR count).